The summed E-state index contributed by atoms with van der Waals surface area (Å²) in [7, 11) is 1.50. The summed E-state index contributed by atoms with van der Waals surface area (Å²) in [5.41, 5.74) is 3.74. The van der Waals surface area contributed by atoms with Crippen LogP contribution in [0, 0.1) is 0 Å². The van der Waals surface area contributed by atoms with Crippen molar-refractivity contribution in [2.45, 2.75) is 13.1 Å². The SMILES string of the molecule is CC1=C(C(F)(F)F)NNN1C. The highest BCUT2D eigenvalue weighted by atomic mass is 19.4. The minimum absolute atomic E-state index is 0.137. The fraction of sp³-hybridized carbons (Fsp3) is 0.600. The van der Waals surface area contributed by atoms with E-state index < -0.39 is 11.9 Å². The average molecular weight is 167 g/mol. The summed E-state index contributed by atoms with van der Waals surface area (Å²) in [6, 6.07) is 0. The Morgan fingerprint density at radius 2 is 1.91 bits per heavy atom. The van der Waals surface area contributed by atoms with E-state index >= 15 is 0 Å². The maximum atomic E-state index is 12.0. The van der Waals surface area contributed by atoms with E-state index in [0.29, 0.717) is 0 Å². The van der Waals surface area contributed by atoms with Crippen LogP contribution in [0.15, 0.2) is 11.4 Å². The first-order valence-electron chi connectivity index (χ1n) is 2.96. The molecule has 1 aliphatic rings. The van der Waals surface area contributed by atoms with E-state index in [1.165, 1.54) is 19.0 Å². The molecule has 6 heteroatoms. The number of rotatable bonds is 0. The number of hydrogen-bond donors (Lipinski definition) is 2. The topological polar surface area (TPSA) is 27.3 Å². The van der Waals surface area contributed by atoms with Gasteiger partial charge in [0.25, 0.3) is 0 Å². The Hall–Kier alpha value is -0.910. The molecule has 2 N–H and O–H groups in total. The zero-order chi connectivity index (χ0) is 8.65. The number of alkyl halides is 3. The Morgan fingerprint density at radius 3 is 2.09 bits per heavy atom. The van der Waals surface area contributed by atoms with Crippen LogP contribution < -0.4 is 11.0 Å². The van der Waals surface area contributed by atoms with Crippen LogP contribution in [-0.4, -0.2) is 18.2 Å². The Balaban J connectivity index is 2.88. The predicted molar refractivity (Wildman–Crippen MR) is 32.8 cm³/mol. The molecule has 0 amide bonds. The molecule has 0 aliphatic carbocycles. The second kappa shape index (κ2) is 2.30. The standard InChI is InChI=1S/C5H8F3N3/c1-3-4(5(6,7)8)9-10-11(3)2/h9-10H,1-2H3. The first kappa shape index (κ1) is 8.19. The van der Waals surface area contributed by atoms with E-state index in [9.17, 15) is 13.2 Å². The summed E-state index contributed by atoms with van der Waals surface area (Å²) < 4.78 is 36.0. The van der Waals surface area contributed by atoms with Gasteiger partial charge in [-0.25, -0.2) is 0 Å². The lowest BCUT2D eigenvalue weighted by Gasteiger charge is -2.09. The predicted octanol–water partition coefficient (Wildman–Crippen LogP) is 0.735. The van der Waals surface area contributed by atoms with Gasteiger partial charge in [-0.3, -0.25) is 10.4 Å². The van der Waals surface area contributed by atoms with Gasteiger partial charge in [-0.15, -0.1) is 5.53 Å². The number of halogens is 3. The largest absolute Gasteiger partial charge is 0.434 e. The van der Waals surface area contributed by atoms with Gasteiger partial charge in [0.1, 0.15) is 0 Å². The molecule has 0 aromatic rings. The first-order chi connectivity index (χ1) is 4.93. The number of allylic oxidation sites excluding steroid dienone is 2. The smallest absolute Gasteiger partial charge is 0.298 e. The zero-order valence-electron chi connectivity index (χ0n) is 6.08. The molecular weight excluding hydrogens is 159 g/mol. The van der Waals surface area contributed by atoms with Crippen molar-refractivity contribution in [1.82, 2.24) is 16.0 Å². The van der Waals surface area contributed by atoms with Gasteiger partial charge in [0, 0.05) is 7.05 Å². The number of nitrogens with zero attached hydrogens (tertiary/aromatic N) is 1. The van der Waals surface area contributed by atoms with Gasteiger partial charge >= 0.3 is 6.18 Å². The second-order valence-corrected chi connectivity index (χ2v) is 2.25. The van der Waals surface area contributed by atoms with Crippen molar-refractivity contribution < 1.29 is 13.2 Å². The van der Waals surface area contributed by atoms with Crippen molar-refractivity contribution in [2.75, 3.05) is 7.05 Å². The van der Waals surface area contributed by atoms with Crippen molar-refractivity contribution in [1.29, 1.82) is 0 Å². The number of hydrogen-bond acceptors (Lipinski definition) is 3. The van der Waals surface area contributed by atoms with Gasteiger partial charge in [0.2, 0.25) is 0 Å². The van der Waals surface area contributed by atoms with Gasteiger partial charge in [0.05, 0.1) is 5.70 Å². The van der Waals surface area contributed by atoms with Gasteiger partial charge in [-0.2, -0.15) is 13.2 Å². The normalized spacial score (nSPS) is 19.2. The highest BCUT2D eigenvalue weighted by Gasteiger charge is 2.39. The van der Waals surface area contributed by atoms with Crippen molar-refractivity contribution in [2.24, 2.45) is 0 Å². The zero-order valence-corrected chi connectivity index (χ0v) is 6.08. The van der Waals surface area contributed by atoms with Gasteiger partial charge in [-0.1, -0.05) is 0 Å². The molecule has 0 unspecified atom stereocenters. The molecule has 0 radical (unpaired) electrons. The average Bonchev–Trinajstić information content (AvgIpc) is 2.11. The van der Waals surface area contributed by atoms with Crippen LogP contribution >= 0.6 is 0 Å². The van der Waals surface area contributed by atoms with E-state index in [2.05, 4.69) is 5.53 Å². The molecular formula is C5H8F3N3. The van der Waals surface area contributed by atoms with Gasteiger partial charge in [-0.05, 0) is 6.92 Å². The summed E-state index contributed by atoms with van der Waals surface area (Å²) in [5, 5.41) is 1.27. The molecule has 0 atom stereocenters. The van der Waals surface area contributed by atoms with Crippen molar-refractivity contribution in [3.8, 4) is 0 Å². The minimum atomic E-state index is -4.30. The van der Waals surface area contributed by atoms with Crippen LogP contribution in [0.25, 0.3) is 0 Å². The van der Waals surface area contributed by atoms with Crippen molar-refractivity contribution >= 4 is 0 Å². The molecule has 0 fully saturated rings. The lowest BCUT2D eigenvalue weighted by molar-refractivity contribution is -0.0970. The maximum Gasteiger partial charge on any atom is 0.434 e. The molecule has 1 rings (SSSR count). The van der Waals surface area contributed by atoms with Gasteiger partial charge in [0.15, 0.2) is 5.70 Å². The van der Waals surface area contributed by atoms with E-state index in [1.54, 1.807) is 0 Å². The third kappa shape index (κ3) is 1.40. The van der Waals surface area contributed by atoms with Crippen LogP contribution in [-0.2, 0) is 0 Å². The molecule has 0 saturated carbocycles. The fourth-order valence-electron chi connectivity index (χ4n) is 0.758. The monoisotopic (exact) mass is 167 g/mol. The summed E-state index contributed by atoms with van der Waals surface area (Å²) in [6.07, 6.45) is -4.30. The molecule has 0 aromatic carbocycles. The van der Waals surface area contributed by atoms with Crippen LogP contribution in [0.5, 0.6) is 0 Å². The molecule has 64 valence electrons. The van der Waals surface area contributed by atoms with E-state index in [4.69, 9.17) is 0 Å². The van der Waals surface area contributed by atoms with Crippen LogP contribution in [0.2, 0.25) is 0 Å². The Labute approximate surface area is 61.8 Å². The molecule has 0 aromatic heterocycles. The Morgan fingerprint density at radius 1 is 1.36 bits per heavy atom. The maximum absolute atomic E-state index is 12.0. The third-order valence-corrected chi connectivity index (χ3v) is 1.50. The number of hydrazine groups is 2. The fourth-order valence-corrected chi connectivity index (χ4v) is 0.758. The second-order valence-electron chi connectivity index (χ2n) is 2.25. The van der Waals surface area contributed by atoms with Crippen molar-refractivity contribution in [3.05, 3.63) is 11.4 Å². The molecule has 0 bridgehead atoms. The minimum Gasteiger partial charge on any atom is -0.298 e. The molecule has 11 heavy (non-hydrogen) atoms. The highest BCUT2D eigenvalue weighted by Crippen LogP contribution is 2.28. The summed E-state index contributed by atoms with van der Waals surface area (Å²) in [4.78, 5) is 0. The van der Waals surface area contributed by atoms with E-state index in [-0.39, 0.29) is 5.70 Å². The lowest BCUT2D eigenvalue weighted by Crippen LogP contribution is -2.36. The molecule has 1 heterocycles. The van der Waals surface area contributed by atoms with Crippen molar-refractivity contribution in [3.63, 3.8) is 0 Å². The lowest BCUT2D eigenvalue weighted by atomic mass is 10.3. The molecule has 1 aliphatic heterocycles. The first-order valence-corrected chi connectivity index (χ1v) is 2.96. The highest BCUT2D eigenvalue weighted by molar-refractivity contribution is 5.16. The van der Waals surface area contributed by atoms with Gasteiger partial charge < -0.3 is 0 Å². The van der Waals surface area contributed by atoms with E-state index in [1.807, 2.05) is 5.43 Å². The van der Waals surface area contributed by atoms with Crippen LogP contribution in [0.3, 0.4) is 0 Å². The summed E-state index contributed by atoms with van der Waals surface area (Å²) in [5.74, 6) is 0. The van der Waals surface area contributed by atoms with Crippen LogP contribution in [0.4, 0.5) is 13.2 Å². The molecule has 0 spiro atoms. The summed E-state index contributed by atoms with van der Waals surface area (Å²) in [6.45, 7) is 1.38. The number of nitrogens with one attached hydrogen (secondary N) is 2. The third-order valence-electron chi connectivity index (χ3n) is 1.50. The van der Waals surface area contributed by atoms with Crippen LogP contribution in [0.1, 0.15) is 6.92 Å². The quantitative estimate of drug-likeness (QED) is 0.557. The van der Waals surface area contributed by atoms with E-state index in [0.717, 1.165) is 0 Å². The molecule has 0 saturated heterocycles. The Bertz CT molecular complexity index is 196. The summed E-state index contributed by atoms with van der Waals surface area (Å²) >= 11 is 0. The Kier molecular flexibility index (Phi) is 1.71. The molecule has 3 nitrogen and oxygen atoms in total.